The Labute approximate surface area is 119 Å². The van der Waals surface area contributed by atoms with Crippen LogP contribution in [-0.2, 0) is 13.0 Å². The van der Waals surface area contributed by atoms with Crippen LogP contribution < -0.4 is 10.9 Å². The molecule has 1 heterocycles. The number of H-pyrrole nitrogens is 1. The van der Waals surface area contributed by atoms with Crippen molar-refractivity contribution in [3.8, 4) is 0 Å². The van der Waals surface area contributed by atoms with Crippen molar-refractivity contribution in [3.05, 3.63) is 63.3 Å². The number of aryl methyl sites for hydroxylation is 1. The number of aromatic amines is 1. The Balaban J connectivity index is 2.20. The van der Waals surface area contributed by atoms with E-state index in [1.54, 1.807) is 6.07 Å². The SMILES string of the molecule is Cc1ccccc1Cc1nc(CNC(C)C)cc(=O)[nH]1. The minimum Gasteiger partial charge on any atom is -0.310 e. The number of hydrogen-bond donors (Lipinski definition) is 2. The Kier molecular flexibility index (Phi) is 4.69. The normalized spacial score (nSPS) is 11.0. The summed E-state index contributed by atoms with van der Waals surface area (Å²) in [6, 6.07) is 10.1. The quantitative estimate of drug-likeness (QED) is 0.876. The van der Waals surface area contributed by atoms with Crippen molar-refractivity contribution in [1.29, 1.82) is 0 Å². The highest BCUT2D eigenvalue weighted by molar-refractivity contribution is 5.28. The van der Waals surface area contributed by atoms with E-state index in [0.29, 0.717) is 24.8 Å². The van der Waals surface area contributed by atoms with Crippen molar-refractivity contribution in [2.45, 2.75) is 39.8 Å². The first-order valence-corrected chi connectivity index (χ1v) is 6.91. The number of nitrogens with zero attached hydrogens (tertiary/aromatic N) is 1. The predicted molar refractivity (Wildman–Crippen MR) is 80.8 cm³/mol. The molecule has 0 unspecified atom stereocenters. The van der Waals surface area contributed by atoms with E-state index in [0.717, 1.165) is 5.69 Å². The Morgan fingerprint density at radius 3 is 2.75 bits per heavy atom. The minimum absolute atomic E-state index is 0.0934. The molecule has 0 atom stereocenters. The molecule has 2 rings (SSSR count). The van der Waals surface area contributed by atoms with E-state index in [9.17, 15) is 4.79 Å². The van der Waals surface area contributed by atoms with Gasteiger partial charge in [0.1, 0.15) is 5.82 Å². The van der Waals surface area contributed by atoms with Crippen molar-refractivity contribution in [3.63, 3.8) is 0 Å². The fraction of sp³-hybridized carbons (Fsp3) is 0.375. The molecule has 20 heavy (non-hydrogen) atoms. The topological polar surface area (TPSA) is 57.8 Å². The van der Waals surface area contributed by atoms with Crippen LogP contribution in [0.3, 0.4) is 0 Å². The van der Waals surface area contributed by atoms with E-state index in [1.165, 1.54) is 11.1 Å². The zero-order chi connectivity index (χ0) is 14.5. The second-order valence-corrected chi connectivity index (χ2v) is 5.32. The Morgan fingerprint density at radius 2 is 2.05 bits per heavy atom. The summed E-state index contributed by atoms with van der Waals surface area (Å²) in [5, 5.41) is 3.28. The van der Waals surface area contributed by atoms with Gasteiger partial charge in [-0.1, -0.05) is 38.1 Å². The average Bonchev–Trinajstić information content (AvgIpc) is 2.38. The summed E-state index contributed by atoms with van der Waals surface area (Å²) in [6.45, 7) is 6.82. The van der Waals surface area contributed by atoms with E-state index in [2.05, 4.69) is 48.2 Å². The molecule has 2 aromatic rings. The monoisotopic (exact) mass is 271 g/mol. The molecule has 1 aromatic heterocycles. The second-order valence-electron chi connectivity index (χ2n) is 5.32. The summed E-state index contributed by atoms with van der Waals surface area (Å²) >= 11 is 0. The first-order chi connectivity index (χ1) is 9.54. The third-order valence-corrected chi connectivity index (χ3v) is 3.15. The van der Waals surface area contributed by atoms with Gasteiger partial charge in [0.25, 0.3) is 5.56 Å². The van der Waals surface area contributed by atoms with Gasteiger partial charge in [-0.25, -0.2) is 4.98 Å². The molecule has 4 heteroatoms. The van der Waals surface area contributed by atoms with Gasteiger partial charge >= 0.3 is 0 Å². The molecule has 0 bridgehead atoms. The summed E-state index contributed by atoms with van der Waals surface area (Å²) < 4.78 is 0. The molecule has 0 aliphatic carbocycles. The number of benzene rings is 1. The van der Waals surface area contributed by atoms with E-state index in [1.807, 2.05) is 12.1 Å². The van der Waals surface area contributed by atoms with Gasteiger partial charge in [-0.3, -0.25) is 4.79 Å². The lowest BCUT2D eigenvalue weighted by atomic mass is 10.1. The largest absolute Gasteiger partial charge is 0.310 e. The molecule has 0 fully saturated rings. The molecule has 2 N–H and O–H groups in total. The van der Waals surface area contributed by atoms with Crippen molar-refractivity contribution < 1.29 is 0 Å². The van der Waals surface area contributed by atoms with E-state index >= 15 is 0 Å². The van der Waals surface area contributed by atoms with Gasteiger partial charge in [0, 0.05) is 25.1 Å². The molecule has 0 saturated carbocycles. The number of nitrogens with one attached hydrogen (secondary N) is 2. The highest BCUT2D eigenvalue weighted by Crippen LogP contribution is 2.10. The molecule has 0 aliphatic rings. The van der Waals surface area contributed by atoms with Crippen LogP contribution in [0, 0.1) is 6.92 Å². The molecule has 0 amide bonds. The molecule has 0 spiro atoms. The van der Waals surface area contributed by atoms with Gasteiger partial charge < -0.3 is 10.3 Å². The minimum atomic E-state index is -0.0934. The molecule has 106 valence electrons. The maximum absolute atomic E-state index is 11.7. The summed E-state index contributed by atoms with van der Waals surface area (Å²) in [4.78, 5) is 19.0. The molecule has 4 nitrogen and oxygen atoms in total. The molecule has 0 saturated heterocycles. The average molecular weight is 271 g/mol. The van der Waals surface area contributed by atoms with Crippen LogP contribution in [0.2, 0.25) is 0 Å². The van der Waals surface area contributed by atoms with Crippen molar-refractivity contribution in [1.82, 2.24) is 15.3 Å². The Morgan fingerprint density at radius 1 is 1.30 bits per heavy atom. The lowest BCUT2D eigenvalue weighted by Gasteiger charge is -2.09. The Bertz CT molecular complexity index is 632. The molecule has 1 aromatic carbocycles. The van der Waals surface area contributed by atoms with Crippen LogP contribution in [0.4, 0.5) is 0 Å². The predicted octanol–water partition coefficient (Wildman–Crippen LogP) is 2.17. The molecular weight excluding hydrogens is 250 g/mol. The van der Waals surface area contributed by atoms with Crippen LogP contribution in [0.25, 0.3) is 0 Å². The summed E-state index contributed by atoms with van der Waals surface area (Å²) in [7, 11) is 0. The maximum atomic E-state index is 11.7. The third-order valence-electron chi connectivity index (χ3n) is 3.15. The smallest absolute Gasteiger partial charge is 0.251 e. The van der Waals surface area contributed by atoms with Crippen LogP contribution in [0.5, 0.6) is 0 Å². The fourth-order valence-corrected chi connectivity index (χ4v) is 2.03. The van der Waals surface area contributed by atoms with Gasteiger partial charge in [-0.05, 0) is 18.1 Å². The van der Waals surface area contributed by atoms with Gasteiger partial charge in [-0.15, -0.1) is 0 Å². The molecular formula is C16H21N3O. The van der Waals surface area contributed by atoms with Gasteiger partial charge in [-0.2, -0.15) is 0 Å². The van der Waals surface area contributed by atoms with Gasteiger partial charge in [0.15, 0.2) is 0 Å². The van der Waals surface area contributed by atoms with Gasteiger partial charge in [0.2, 0.25) is 0 Å². The van der Waals surface area contributed by atoms with E-state index < -0.39 is 0 Å². The van der Waals surface area contributed by atoms with Crippen molar-refractivity contribution >= 4 is 0 Å². The lowest BCUT2D eigenvalue weighted by Crippen LogP contribution is -2.24. The number of rotatable bonds is 5. The highest BCUT2D eigenvalue weighted by atomic mass is 16.1. The second kappa shape index (κ2) is 6.48. The summed E-state index contributed by atoms with van der Waals surface area (Å²) in [5.41, 5.74) is 3.08. The number of hydrogen-bond acceptors (Lipinski definition) is 3. The zero-order valence-electron chi connectivity index (χ0n) is 12.2. The summed E-state index contributed by atoms with van der Waals surface area (Å²) in [6.07, 6.45) is 0.650. The van der Waals surface area contributed by atoms with E-state index in [-0.39, 0.29) is 5.56 Å². The van der Waals surface area contributed by atoms with Crippen molar-refractivity contribution in [2.24, 2.45) is 0 Å². The van der Waals surface area contributed by atoms with E-state index in [4.69, 9.17) is 0 Å². The molecule has 0 aliphatic heterocycles. The maximum Gasteiger partial charge on any atom is 0.251 e. The molecule has 0 radical (unpaired) electrons. The van der Waals surface area contributed by atoms with Crippen LogP contribution >= 0.6 is 0 Å². The number of aromatic nitrogens is 2. The standard InChI is InChI=1S/C16H21N3O/c1-11(2)17-10-14-9-16(20)19-15(18-14)8-13-7-5-4-6-12(13)3/h4-7,9,11,17H,8,10H2,1-3H3,(H,18,19,20). The van der Waals surface area contributed by atoms with Crippen molar-refractivity contribution in [2.75, 3.05) is 0 Å². The summed E-state index contributed by atoms with van der Waals surface area (Å²) in [5.74, 6) is 0.715. The van der Waals surface area contributed by atoms with Crippen LogP contribution in [0.15, 0.2) is 35.1 Å². The third kappa shape index (κ3) is 4.03. The first-order valence-electron chi connectivity index (χ1n) is 6.91. The Hall–Kier alpha value is -1.94. The zero-order valence-corrected chi connectivity index (χ0v) is 12.2. The highest BCUT2D eigenvalue weighted by Gasteiger charge is 2.05. The van der Waals surface area contributed by atoms with Crippen LogP contribution in [0.1, 0.15) is 36.5 Å². The fourth-order valence-electron chi connectivity index (χ4n) is 2.03. The van der Waals surface area contributed by atoms with Gasteiger partial charge in [0.05, 0.1) is 5.69 Å². The lowest BCUT2D eigenvalue weighted by molar-refractivity contribution is 0.578. The first kappa shape index (κ1) is 14.5. The van der Waals surface area contributed by atoms with Crippen LogP contribution in [-0.4, -0.2) is 16.0 Å².